The van der Waals surface area contributed by atoms with Crippen molar-refractivity contribution in [3.05, 3.63) is 202 Å². The first-order valence-corrected chi connectivity index (χ1v) is 29.7. The molecule has 2 aliphatic rings. The van der Waals surface area contributed by atoms with E-state index in [9.17, 15) is 0 Å². The van der Waals surface area contributed by atoms with Gasteiger partial charge in [-0.15, -0.1) is 0 Å². The average molecular weight is 884 g/mol. The van der Waals surface area contributed by atoms with Crippen molar-refractivity contribution < 1.29 is 22.4 Å². The molecule has 0 heterocycles. The molecule has 0 bridgehead atoms. The van der Waals surface area contributed by atoms with Crippen LogP contribution < -0.4 is 13.6 Å². The summed E-state index contributed by atoms with van der Waals surface area (Å²) in [6.45, 7) is 16.9. The SMILES string of the molecule is CCCC1=Cc2c(-c3c4ccccc4cc4ccccc34)cccc2C1c1c2c(cc(C(C)(C)C)[c]1[Zr][SiH](c1ccccc1)c1ccccc1)-c1cc(C(C)(C)C)ccc1C2. The van der Waals surface area contributed by atoms with Gasteiger partial charge in [0.25, 0.3) is 0 Å². The fourth-order valence-electron chi connectivity index (χ4n) is 10.5. The third-order valence-electron chi connectivity index (χ3n) is 13.5. The van der Waals surface area contributed by atoms with Gasteiger partial charge in [0, 0.05) is 0 Å². The summed E-state index contributed by atoms with van der Waals surface area (Å²) >= 11 is -1.27. The molecule has 0 amide bonds. The second-order valence-electron chi connectivity index (χ2n) is 19.6. The van der Waals surface area contributed by atoms with Gasteiger partial charge in [0.1, 0.15) is 0 Å². The number of hydrogen-bond donors (Lipinski definition) is 0. The molecule has 0 fully saturated rings. The van der Waals surface area contributed by atoms with E-state index >= 15 is 0 Å². The molecular formula is C59H56SiZr. The third-order valence-corrected chi connectivity index (χ3v) is 26.7. The number of fused-ring (bicyclic) bond motifs is 6. The van der Waals surface area contributed by atoms with Gasteiger partial charge >= 0.3 is 379 Å². The van der Waals surface area contributed by atoms with E-state index in [1.54, 1.807) is 35.9 Å². The van der Waals surface area contributed by atoms with Crippen LogP contribution in [0.15, 0.2) is 163 Å². The molecule has 8 aromatic carbocycles. The topological polar surface area (TPSA) is 0 Å². The van der Waals surface area contributed by atoms with E-state index < -0.39 is 28.3 Å². The van der Waals surface area contributed by atoms with E-state index in [-0.39, 0.29) is 16.7 Å². The zero-order valence-corrected chi connectivity index (χ0v) is 40.5. The second-order valence-corrected chi connectivity index (χ2v) is 29.7. The standard InChI is InChI=1S/C47H45.C12H11Si.Zr/c1-8-14-32-25-40-37(19-13-20-38(40)45-35-17-11-9-15-29(35)23-30-16-10-12-18-36(30)45)44(32)43-28-34(47(5,6)7)27-42-39-26-33(46(2,3)4)22-21-31(39)24-41(42)43;1-3-7-11(8-4-1)13-12-9-5-2-6-10-12;/h9-13,15-23,25-27,44H,8,14,24H2,1-7H3;1-10,13H;. The summed E-state index contributed by atoms with van der Waals surface area (Å²) in [4.78, 5) is 0. The van der Waals surface area contributed by atoms with E-state index in [4.69, 9.17) is 0 Å². The van der Waals surface area contributed by atoms with Crippen LogP contribution in [0.3, 0.4) is 0 Å². The van der Waals surface area contributed by atoms with Gasteiger partial charge in [-0.2, -0.15) is 0 Å². The summed E-state index contributed by atoms with van der Waals surface area (Å²) in [6.07, 6.45) is 5.87. The van der Waals surface area contributed by atoms with E-state index in [1.807, 2.05) is 0 Å². The van der Waals surface area contributed by atoms with Crippen molar-refractivity contribution in [2.45, 2.75) is 84.5 Å². The Morgan fingerprint density at radius 1 is 0.590 bits per heavy atom. The summed E-state index contributed by atoms with van der Waals surface area (Å²) in [7, 11) is 0. The molecule has 300 valence electrons. The van der Waals surface area contributed by atoms with Crippen LogP contribution in [0.2, 0.25) is 0 Å². The molecular weight excluding hydrogens is 828 g/mol. The molecule has 0 radical (unpaired) electrons. The number of rotatable bonds is 8. The van der Waals surface area contributed by atoms with Crippen molar-refractivity contribution in [2.75, 3.05) is 0 Å². The molecule has 2 aliphatic carbocycles. The van der Waals surface area contributed by atoms with E-state index in [0.29, 0.717) is 0 Å². The molecule has 8 aromatic rings. The summed E-state index contributed by atoms with van der Waals surface area (Å²) in [5.41, 5.74) is 18.0. The normalized spacial score (nSPS) is 14.6. The Morgan fingerprint density at radius 3 is 1.82 bits per heavy atom. The van der Waals surface area contributed by atoms with Gasteiger partial charge in [-0.25, -0.2) is 0 Å². The summed E-state index contributed by atoms with van der Waals surface area (Å²) in [5.74, 6) is -1.35. The van der Waals surface area contributed by atoms with Crippen LogP contribution in [-0.4, -0.2) is 5.92 Å². The van der Waals surface area contributed by atoms with Crippen LogP contribution in [0.1, 0.15) is 106 Å². The van der Waals surface area contributed by atoms with Crippen LogP contribution in [0.4, 0.5) is 0 Å². The second kappa shape index (κ2) is 15.8. The maximum absolute atomic E-state index is 2.70. The molecule has 0 aliphatic heterocycles. The molecule has 61 heavy (non-hydrogen) atoms. The molecule has 0 saturated heterocycles. The van der Waals surface area contributed by atoms with E-state index in [1.165, 1.54) is 66.1 Å². The zero-order valence-electron chi connectivity index (χ0n) is 36.9. The molecule has 0 aromatic heterocycles. The molecule has 0 saturated carbocycles. The summed E-state index contributed by atoms with van der Waals surface area (Å²) in [5, 5.41) is 8.45. The van der Waals surface area contributed by atoms with Gasteiger partial charge in [0.15, 0.2) is 0 Å². The molecule has 2 heteroatoms. The summed E-state index contributed by atoms with van der Waals surface area (Å²) in [6, 6.07) is 61.2. The van der Waals surface area contributed by atoms with Gasteiger partial charge < -0.3 is 0 Å². The Hall–Kier alpha value is -4.88. The Labute approximate surface area is 375 Å². The Morgan fingerprint density at radius 2 is 1.21 bits per heavy atom. The molecule has 0 nitrogen and oxygen atoms in total. The predicted octanol–water partition coefficient (Wildman–Crippen LogP) is 13.4. The summed E-state index contributed by atoms with van der Waals surface area (Å²) < 4.78 is 1.77. The first kappa shape index (κ1) is 40.2. The van der Waals surface area contributed by atoms with Gasteiger partial charge in [0.05, 0.1) is 0 Å². The first-order valence-electron chi connectivity index (χ1n) is 22.4. The van der Waals surface area contributed by atoms with Crippen LogP contribution in [-0.2, 0) is 39.6 Å². The maximum atomic E-state index is 2.70. The van der Waals surface area contributed by atoms with Crippen LogP contribution >= 0.6 is 0 Å². The monoisotopic (exact) mass is 882 g/mol. The minimum absolute atomic E-state index is 0.0174. The number of benzene rings is 8. The van der Waals surface area contributed by atoms with Gasteiger partial charge in [-0.3, -0.25) is 0 Å². The molecule has 0 N–H and O–H groups in total. The molecule has 10 rings (SSSR count). The van der Waals surface area contributed by atoms with Gasteiger partial charge in [0.2, 0.25) is 0 Å². The molecule has 1 atom stereocenters. The fourth-order valence-corrected chi connectivity index (χ4v) is 24.6. The Bertz CT molecular complexity index is 2900. The average Bonchev–Trinajstić information content (AvgIpc) is 3.82. The Balaban J connectivity index is 1.28. The van der Waals surface area contributed by atoms with Crippen LogP contribution in [0.25, 0.3) is 49.9 Å². The molecule has 1 unspecified atom stereocenters. The van der Waals surface area contributed by atoms with Gasteiger partial charge in [-0.1, -0.05) is 0 Å². The van der Waals surface area contributed by atoms with Crippen LogP contribution in [0.5, 0.6) is 0 Å². The first-order chi connectivity index (χ1) is 29.5. The number of allylic oxidation sites excluding steroid dienone is 1. The van der Waals surface area contributed by atoms with Crippen molar-refractivity contribution in [2.24, 2.45) is 0 Å². The van der Waals surface area contributed by atoms with Crippen molar-refractivity contribution in [1.29, 1.82) is 0 Å². The minimum atomic E-state index is -1.57. The van der Waals surface area contributed by atoms with Crippen molar-refractivity contribution in [1.82, 2.24) is 0 Å². The van der Waals surface area contributed by atoms with Crippen molar-refractivity contribution >= 4 is 47.2 Å². The third kappa shape index (κ3) is 7.19. The van der Waals surface area contributed by atoms with E-state index in [0.717, 1.165) is 19.3 Å². The zero-order chi connectivity index (χ0) is 42.0. The Kier molecular flexibility index (Phi) is 10.4. The molecule has 0 spiro atoms. The quantitative estimate of drug-likeness (QED) is 0.105. The van der Waals surface area contributed by atoms with E-state index in [2.05, 4.69) is 212 Å². The predicted molar refractivity (Wildman–Crippen MR) is 263 cm³/mol. The van der Waals surface area contributed by atoms with Crippen molar-refractivity contribution in [3.63, 3.8) is 0 Å². The number of hydrogen-bond acceptors (Lipinski definition) is 0. The van der Waals surface area contributed by atoms with Gasteiger partial charge in [-0.05, 0) is 0 Å². The van der Waals surface area contributed by atoms with Crippen LogP contribution in [0, 0.1) is 0 Å². The van der Waals surface area contributed by atoms with Crippen molar-refractivity contribution in [3.8, 4) is 22.3 Å². The fraction of sp³-hybridized carbons (Fsp3) is 0.220.